The average Bonchev–Trinajstić information content (AvgIpc) is 2.47. The molecule has 0 radical (unpaired) electrons. The molecule has 1 aromatic rings. The van der Waals surface area contributed by atoms with E-state index in [0.717, 1.165) is 13.1 Å². The Labute approximate surface area is 139 Å². The minimum atomic E-state index is -0.507. The van der Waals surface area contributed by atoms with Crippen molar-refractivity contribution >= 4 is 11.9 Å². The molecule has 0 aromatic carbocycles. The number of pyridine rings is 1. The van der Waals surface area contributed by atoms with Crippen LogP contribution in [0, 0.1) is 0 Å². The Hall–Kier alpha value is -1.62. The van der Waals surface area contributed by atoms with E-state index in [4.69, 9.17) is 4.74 Å². The van der Waals surface area contributed by atoms with E-state index in [2.05, 4.69) is 28.2 Å². The molecule has 1 amide bonds. The first-order valence-electron chi connectivity index (χ1n) is 8.59. The van der Waals surface area contributed by atoms with Crippen molar-refractivity contribution in [2.45, 2.75) is 65.0 Å². The van der Waals surface area contributed by atoms with E-state index in [-0.39, 0.29) is 0 Å². The number of carbonyl (C=O) groups excluding carboxylic acids is 1. The lowest BCUT2D eigenvalue weighted by molar-refractivity contribution is 0.0635. The Bertz CT molecular complexity index is 506. The van der Waals surface area contributed by atoms with Gasteiger partial charge in [0.1, 0.15) is 11.4 Å². The topological polar surface area (TPSA) is 54.5 Å². The lowest BCUT2D eigenvalue weighted by atomic mass is 9.96. The van der Waals surface area contributed by atoms with Crippen LogP contribution < -0.4 is 5.32 Å². The van der Waals surface area contributed by atoms with Gasteiger partial charge in [-0.15, -0.1) is 0 Å². The van der Waals surface area contributed by atoms with Gasteiger partial charge >= 0.3 is 6.09 Å². The summed E-state index contributed by atoms with van der Waals surface area (Å²) in [5.41, 5.74) is 0.722. The monoisotopic (exact) mass is 319 g/mol. The van der Waals surface area contributed by atoms with Crippen LogP contribution in [0.4, 0.5) is 10.6 Å². The molecule has 0 saturated carbocycles. The van der Waals surface area contributed by atoms with Crippen LogP contribution in [0.15, 0.2) is 18.3 Å². The zero-order valence-corrected chi connectivity index (χ0v) is 14.8. The lowest BCUT2D eigenvalue weighted by Crippen LogP contribution is -2.34. The van der Waals surface area contributed by atoms with Crippen molar-refractivity contribution in [2.75, 3.05) is 18.4 Å². The van der Waals surface area contributed by atoms with Crippen LogP contribution in [0.5, 0.6) is 0 Å². The number of piperidine rings is 1. The first kappa shape index (κ1) is 17.7. The van der Waals surface area contributed by atoms with Crippen molar-refractivity contribution in [3.8, 4) is 0 Å². The van der Waals surface area contributed by atoms with Crippen LogP contribution in [0.1, 0.15) is 65.0 Å². The largest absolute Gasteiger partial charge is 0.444 e. The third kappa shape index (κ3) is 5.50. The Morgan fingerprint density at radius 2 is 2.17 bits per heavy atom. The molecule has 1 aliphatic rings. The van der Waals surface area contributed by atoms with E-state index in [9.17, 15) is 4.79 Å². The highest BCUT2D eigenvalue weighted by atomic mass is 16.6. The molecule has 1 aromatic heterocycles. The summed E-state index contributed by atoms with van der Waals surface area (Å²) in [5, 5.41) is 2.68. The van der Waals surface area contributed by atoms with E-state index in [1.807, 2.05) is 33.0 Å². The van der Waals surface area contributed by atoms with Crippen LogP contribution in [-0.2, 0) is 4.74 Å². The Balaban J connectivity index is 1.99. The summed E-state index contributed by atoms with van der Waals surface area (Å²) in [7, 11) is 0. The van der Waals surface area contributed by atoms with Gasteiger partial charge in [-0.25, -0.2) is 9.78 Å². The molecule has 0 aliphatic carbocycles. The summed E-state index contributed by atoms with van der Waals surface area (Å²) >= 11 is 0. The molecular weight excluding hydrogens is 290 g/mol. The van der Waals surface area contributed by atoms with Crippen molar-refractivity contribution in [1.82, 2.24) is 9.88 Å². The number of nitrogens with zero attached hydrogens (tertiary/aromatic N) is 2. The van der Waals surface area contributed by atoms with E-state index in [0.29, 0.717) is 11.9 Å². The second kappa shape index (κ2) is 7.77. The Morgan fingerprint density at radius 3 is 2.78 bits per heavy atom. The number of likely N-dealkylation sites (tertiary alicyclic amines) is 1. The smallest absolute Gasteiger partial charge is 0.413 e. The first-order chi connectivity index (χ1) is 10.9. The van der Waals surface area contributed by atoms with Crippen molar-refractivity contribution in [1.29, 1.82) is 0 Å². The molecule has 1 aliphatic heterocycles. The van der Waals surface area contributed by atoms with Gasteiger partial charge in [0.2, 0.25) is 0 Å². The van der Waals surface area contributed by atoms with Crippen molar-refractivity contribution in [3.05, 3.63) is 23.9 Å². The quantitative estimate of drug-likeness (QED) is 0.895. The number of amides is 1. The van der Waals surface area contributed by atoms with Gasteiger partial charge in [-0.05, 0) is 64.8 Å². The predicted octanol–water partition coefficient (Wildman–Crippen LogP) is 4.37. The minimum Gasteiger partial charge on any atom is -0.444 e. The van der Waals surface area contributed by atoms with Gasteiger partial charge in [0, 0.05) is 12.2 Å². The maximum atomic E-state index is 11.8. The molecule has 2 rings (SSSR count). The van der Waals surface area contributed by atoms with Gasteiger partial charge in [0.25, 0.3) is 0 Å². The van der Waals surface area contributed by atoms with Crippen molar-refractivity contribution in [2.24, 2.45) is 0 Å². The number of rotatable bonds is 4. The SMILES string of the molecule is CCCN1CCCC[C@@H]1c1ccc(NC(=O)OC(C)(C)C)nc1. The molecule has 5 nitrogen and oxygen atoms in total. The highest BCUT2D eigenvalue weighted by molar-refractivity contribution is 5.83. The molecular formula is C18H29N3O2. The molecule has 1 saturated heterocycles. The van der Waals surface area contributed by atoms with Crippen LogP contribution in [0.3, 0.4) is 0 Å². The highest BCUT2D eigenvalue weighted by Crippen LogP contribution is 2.30. The number of anilines is 1. The summed E-state index contributed by atoms with van der Waals surface area (Å²) in [6.45, 7) is 10.0. The van der Waals surface area contributed by atoms with E-state index in [1.54, 1.807) is 0 Å². The van der Waals surface area contributed by atoms with Gasteiger partial charge in [0.15, 0.2) is 0 Å². The zero-order valence-electron chi connectivity index (χ0n) is 14.8. The van der Waals surface area contributed by atoms with Crippen molar-refractivity contribution in [3.63, 3.8) is 0 Å². The van der Waals surface area contributed by atoms with Gasteiger partial charge in [-0.1, -0.05) is 19.4 Å². The number of ether oxygens (including phenoxy) is 1. The van der Waals surface area contributed by atoms with Crippen molar-refractivity contribution < 1.29 is 9.53 Å². The number of hydrogen-bond donors (Lipinski definition) is 1. The molecule has 1 fully saturated rings. The van der Waals surface area contributed by atoms with E-state index < -0.39 is 11.7 Å². The Kier molecular flexibility index (Phi) is 5.99. The molecule has 0 unspecified atom stereocenters. The number of nitrogens with one attached hydrogen (secondary N) is 1. The number of carbonyl (C=O) groups is 1. The molecule has 1 atom stereocenters. The summed E-state index contributed by atoms with van der Waals surface area (Å²) in [4.78, 5) is 18.7. The third-order valence-corrected chi connectivity index (χ3v) is 3.92. The van der Waals surface area contributed by atoms with Gasteiger partial charge < -0.3 is 4.74 Å². The predicted molar refractivity (Wildman–Crippen MR) is 92.5 cm³/mol. The minimum absolute atomic E-state index is 0.451. The fourth-order valence-electron chi connectivity index (χ4n) is 3.01. The van der Waals surface area contributed by atoms with Crippen LogP contribution in [0.2, 0.25) is 0 Å². The normalized spacial score (nSPS) is 19.4. The fraction of sp³-hybridized carbons (Fsp3) is 0.667. The summed E-state index contributed by atoms with van der Waals surface area (Å²) in [5.74, 6) is 0.529. The molecule has 128 valence electrons. The van der Waals surface area contributed by atoms with E-state index in [1.165, 1.54) is 31.2 Å². The second-order valence-corrected chi connectivity index (χ2v) is 7.15. The van der Waals surface area contributed by atoms with E-state index >= 15 is 0 Å². The third-order valence-electron chi connectivity index (χ3n) is 3.92. The van der Waals surface area contributed by atoms with Gasteiger partial charge in [-0.3, -0.25) is 10.2 Å². The molecule has 23 heavy (non-hydrogen) atoms. The highest BCUT2D eigenvalue weighted by Gasteiger charge is 2.23. The second-order valence-electron chi connectivity index (χ2n) is 7.15. The maximum absolute atomic E-state index is 11.8. The summed E-state index contributed by atoms with van der Waals surface area (Å²) in [6.07, 6.45) is 6.31. The zero-order chi connectivity index (χ0) is 16.9. The summed E-state index contributed by atoms with van der Waals surface area (Å²) in [6, 6.07) is 4.38. The average molecular weight is 319 g/mol. The molecule has 2 heterocycles. The molecule has 0 spiro atoms. The summed E-state index contributed by atoms with van der Waals surface area (Å²) < 4.78 is 5.24. The maximum Gasteiger partial charge on any atom is 0.413 e. The van der Waals surface area contributed by atoms with Crippen LogP contribution in [0.25, 0.3) is 0 Å². The van der Waals surface area contributed by atoms with Crippen LogP contribution >= 0.6 is 0 Å². The molecule has 1 N–H and O–H groups in total. The first-order valence-corrected chi connectivity index (χ1v) is 8.59. The fourth-order valence-corrected chi connectivity index (χ4v) is 3.01. The number of hydrogen-bond acceptors (Lipinski definition) is 4. The standard InChI is InChI=1S/C18H29N3O2/c1-5-11-21-12-7-6-8-15(21)14-9-10-16(19-13-14)20-17(22)23-18(2,3)4/h9-10,13,15H,5-8,11-12H2,1-4H3,(H,19,20,22)/t15-/m1/s1. The number of aromatic nitrogens is 1. The lowest BCUT2D eigenvalue weighted by Gasteiger charge is -2.35. The van der Waals surface area contributed by atoms with Gasteiger partial charge in [-0.2, -0.15) is 0 Å². The van der Waals surface area contributed by atoms with Gasteiger partial charge in [0.05, 0.1) is 0 Å². The molecule has 0 bridgehead atoms. The molecule has 5 heteroatoms. The Morgan fingerprint density at radius 1 is 1.39 bits per heavy atom. The van der Waals surface area contributed by atoms with Crippen LogP contribution in [-0.4, -0.2) is 34.7 Å².